The second-order valence-electron chi connectivity index (χ2n) is 7.13. The van der Waals surface area contributed by atoms with Crippen LogP contribution in [0.25, 0.3) is 0 Å². The topological polar surface area (TPSA) is 122 Å². The summed E-state index contributed by atoms with van der Waals surface area (Å²) in [6, 6.07) is 14.1. The summed E-state index contributed by atoms with van der Waals surface area (Å²) in [4.78, 5) is 22.4. The van der Waals surface area contributed by atoms with Gasteiger partial charge in [-0.25, -0.2) is 13.8 Å². The summed E-state index contributed by atoms with van der Waals surface area (Å²) in [6.07, 6.45) is -3.65. The van der Waals surface area contributed by atoms with E-state index in [0.717, 1.165) is 12.3 Å². The number of nitro benzene ring substituents is 1. The lowest BCUT2D eigenvalue weighted by molar-refractivity contribution is -0.384. The molecule has 3 aromatic carbocycles. The molecule has 0 radical (unpaired) electrons. The van der Waals surface area contributed by atoms with Gasteiger partial charge in [0.1, 0.15) is 6.54 Å². The number of anilines is 1. The van der Waals surface area contributed by atoms with Crippen LogP contribution in [0, 0.1) is 10.1 Å². The van der Waals surface area contributed by atoms with Crippen LogP contribution in [0.3, 0.4) is 0 Å². The fourth-order valence-corrected chi connectivity index (χ4v) is 4.65. The highest BCUT2D eigenvalue weighted by molar-refractivity contribution is 7.92. The molecule has 188 valence electrons. The molecule has 0 aliphatic carbocycles. The van der Waals surface area contributed by atoms with Crippen molar-refractivity contribution in [1.82, 2.24) is 5.43 Å². The summed E-state index contributed by atoms with van der Waals surface area (Å²) >= 11 is 6.05. The maximum absolute atomic E-state index is 13.3. The van der Waals surface area contributed by atoms with Gasteiger partial charge in [-0.15, -0.1) is 0 Å². The van der Waals surface area contributed by atoms with Gasteiger partial charge in [0.2, 0.25) is 0 Å². The van der Waals surface area contributed by atoms with Crippen LogP contribution in [-0.4, -0.2) is 32.0 Å². The van der Waals surface area contributed by atoms with Crippen LogP contribution >= 0.6 is 11.6 Å². The number of nitrogens with one attached hydrogen (secondary N) is 1. The van der Waals surface area contributed by atoms with Crippen molar-refractivity contribution in [3.8, 4) is 0 Å². The third-order valence-corrected chi connectivity index (χ3v) is 6.76. The highest BCUT2D eigenvalue weighted by Crippen LogP contribution is 2.37. The Morgan fingerprint density at radius 2 is 1.72 bits per heavy atom. The Labute approximate surface area is 208 Å². The number of rotatable bonds is 8. The summed E-state index contributed by atoms with van der Waals surface area (Å²) in [5.74, 6) is -0.985. The maximum Gasteiger partial charge on any atom is 0.416 e. The number of amides is 1. The van der Waals surface area contributed by atoms with Crippen molar-refractivity contribution in [2.24, 2.45) is 5.10 Å². The summed E-state index contributed by atoms with van der Waals surface area (Å²) in [5, 5.41) is 14.0. The third kappa shape index (κ3) is 6.37. The SMILES string of the molecule is O=C(CN(c1cc(C(F)(F)F)ccc1Cl)S(=O)(=O)c1ccccc1)N/N=C\c1ccc([N+](=O)[O-])cc1. The number of hydrogen-bond donors (Lipinski definition) is 1. The van der Waals surface area contributed by atoms with Gasteiger partial charge in [-0.1, -0.05) is 29.8 Å². The van der Waals surface area contributed by atoms with Gasteiger partial charge in [0.15, 0.2) is 0 Å². The monoisotopic (exact) mass is 540 g/mol. The van der Waals surface area contributed by atoms with Crippen molar-refractivity contribution in [3.63, 3.8) is 0 Å². The van der Waals surface area contributed by atoms with Gasteiger partial charge in [-0.2, -0.15) is 18.3 Å². The minimum atomic E-state index is -4.79. The summed E-state index contributed by atoms with van der Waals surface area (Å²) < 4.78 is 66.9. The van der Waals surface area contributed by atoms with Gasteiger partial charge in [-0.3, -0.25) is 19.2 Å². The molecule has 0 atom stereocenters. The zero-order valence-corrected chi connectivity index (χ0v) is 19.6. The number of halogens is 4. The predicted molar refractivity (Wildman–Crippen MR) is 126 cm³/mol. The van der Waals surface area contributed by atoms with E-state index in [1.165, 1.54) is 48.5 Å². The van der Waals surface area contributed by atoms with Crippen molar-refractivity contribution < 1.29 is 31.3 Å². The Morgan fingerprint density at radius 3 is 2.31 bits per heavy atom. The summed E-state index contributed by atoms with van der Waals surface area (Å²) in [7, 11) is -4.52. The van der Waals surface area contributed by atoms with Crippen LogP contribution in [0.4, 0.5) is 24.5 Å². The lowest BCUT2D eigenvalue weighted by Crippen LogP contribution is -2.40. The smallest absolute Gasteiger partial charge is 0.271 e. The molecule has 0 aromatic heterocycles. The molecule has 1 amide bonds. The van der Waals surface area contributed by atoms with Crippen LogP contribution in [0.2, 0.25) is 5.02 Å². The number of hydrazone groups is 1. The molecule has 0 unspecified atom stereocenters. The molecule has 9 nitrogen and oxygen atoms in total. The van der Waals surface area contributed by atoms with Gasteiger partial charge in [0, 0.05) is 12.1 Å². The highest BCUT2D eigenvalue weighted by Gasteiger charge is 2.34. The van der Waals surface area contributed by atoms with Gasteiger partial charge < -0.3 is 0 Å². The normalized spacial score (nSPS) is 11.9. The molecule has 14 heteroatoms. The lowest BCUT2D eigenvalue weighted by atomic mass is 10.2. The van der Waals surface area contributed by atoms with Crippen molar-refractivity contribution >= 4 is 45.1 Å². The van der Waals surface area contributed by atoms with Crippen molar-refractivity contribution in [2.45, 2.75) is 11.1 Å². The van der Waals surface area contributed by atoms with E-state index in [2.05, 4.69) is 10.5 Å². The Morgan fingerprint density at radius 1 is 1.08 bits per heavy atom. The van der Waals surface area contributed by atoms with Gasteiger partial charge in [0.25, 0.3) is 21.6 Å². The van der Waals surface area contributed by atoms with Crippen molar-refractivity contribution in [2.75, 3.05) is 10.8 Å². The number of benzene rings is 3. The summed E-state index contributed by atoms with van der Waals surface area (Å²) in [6.45, 7) is -0.949. The molecule has 0 aliphatic rings. The molecule has 0 saturated heterocycles. The van der Waals surface area contributed by atoms with Crippen LogP contribution in [0.1, 0.15) is 11.1 Å². The first-order valence-corrected chi connectivity index (χ1v) is 11.7. The first-order chi connectivity index (χ1) is 16.9. The van der Waals surface area contributed by atoms with Gasteiger partial charge in [-0.05, 0) is 48.0 Å². The third-order valence-electron chi connectivity index (χ3n) is 4.67. The summed E-state index contributed by atoms with van der Waals surface area (Å²) in [5.41, 5.74) is 0.599. The second kappa shape index (κ2) is 10.7. The first-order valence-electron chi connectivity index (χ1n) is 9.90. The van der Waals surface area contributed by atoms with E-state index in [1.54, 1.807) is 6.07 Å². The van der Waals surface area contributed by atoms with Crippen LogP contribution < -0.4 is 9.73 Å². The molecule has 0 fully saturated rings. The molecular weight excluding hydrogens is 525 g/mol. The molecule has 36 heavy (non-hydrogen) atoms. The predicted octanol–water partition coefficient (Wildman–Crippen LogP) is 4.61. The Balaban J connectivity index is 1.91. The number of sulfonamides is 1. The van der Waals surface area contributed by atoms with E-state index in [9.17, 15) is 36.5 Å². The molecule has 1 N–H and O–H groups in total. The quantitative estimate of drug-likeness (QED) is 0.254. The standard InChI is InChI=1S/C22H16ClF3N4O5S/c23-19-11-8-16(22(24,25)26)12-20(19)29(36(34,35)18-4-2-1-3-5-18)14-21(31)28-27-13-15-6-9-17(10-7-15)30(32)33/h1-13H,14H2,(H,28,31)/b27-13-. The van der Waals surface area contributed by atoms with Crippen molar-refractivity contribution in [1.29, 1.82) is 0 Å². The van der Waals surface area contributed by atoms with E-state index < -0.39 is 44.8 Å². The molecule has 3 aromatic rings. The average molecular weight is 541 g/mol. The molecule has 0 spiro atoms. The maximum atomic E-state index is 13.3. The average Bonchev–Trinajstić information content (AvgIpc) is 2.83. The Bertz CT molecular complexity index is 1400. The van der Waals surface area contributed by atoms with Gasteiger partial charge >= 0.3 is 6.18 Å². The number of nitro groups is 1. The van der Waals surface area contributed by atoms with Crippen LogP contribution in [0.5, 0.6) is 0 Å². The lowest BCUT2D eigenvalue weighted by Gasteiger charge is -2.25. The van der Waals surface area contributed by atoms with Gasteiger partial charge in [0.05, 0.1) is 32.3 Å². The molecule has 0 aliphatic heterocycles. The number of carbonyl (C=O) groups is 1. The van der Waals surface area contributed by atoms with Crippen LogP contribution in [0.15, 0.2) is 82.8 Å². The molecule has 0 heterocycles. The minimum Gasteiger partial charge on any atom is -0.271 e. The Kier molecular flexibility index (Phi) is 7.95. The zero-order valence-electron chi connectivity index (χ0n) is 18.0. The number of carbonyl (C=O) groups excluding carboxylic acids is 1. The highest BCUT2D eigenvalue weighted by atomic mass is 35.5. The molecule has 3 rings (SSSR count). The minimum absolute atomic E-state index is 0.157. The van der Waals surface area contributed by atoms with E-state index in [-0.39, 0.29) is 15.6 Å². The number of nitrogens with zero attached hydrogens (tertiary/aromatic N) is 3. The number of non-ortho nitro benzene ring substituents is 1. The molecular formula is C22H16ClF3N4O5S. The fraction of sp³-hybridized carbons (Fsp3) is 0.0909. The largest absolute Gasteiger partial charge is 0.416 e. The molecule has 0 saturated carbocycles. The van der Waals surface area contributed by atoms with E-state index >= 15 is 0 Å². The van der Waals surface area contributed by atoms with E-state index in [0.29, 0.717) is 22.0 Å². The number of alkyl halides is 3. The van der Waals surface area contributed by atoms with E-state index in [4.69, 9.17) is 11.6 Å². The molecule has 0 bridgehead atoms. The Hall–Kier alpha value is -3.97. The fourth-order valence-electron chi connectivity index (χ4n) is 2.93. The first kappa shape index (κ1) is 26.6. The van der Waals surface area contributed by atoms with Crippen molar-refractivity contribution in [3.05, 3.63) is 99.1 Å². The number of hydrogen-bond acceptors (Lipinski definition) is 6. The zero-order chi connectivity index (χ0) is 26.5. The van der Waals surface area contributed by atoms with E-state index in [1.807, 2.05) is 0 Å². The van der Waals surface area contributed by atoms with Crippen LogP contribution in [-0.2, 0) is 21.0 Å². The second-order valence-corrected chi connectivity index (χ2v) is 9.40.